The molecule has 0 aromatic heterocycles. The summed E-state index contributed by atoms with van der Waals surface area (Å²) < 4.78 is 41.3. The zero-order chi connectivity index (χ0) is 15.5. The summed E-state index contributed by atoms with van der Waals surface area (Å²) in [5.41, 5.74) is 1.73. The predicted octanol–water partition coefficient (Wildman–Crippen LogP) is 3.26. The Labute approximate surface area is 134 Å². The molecule has 1 aromatic carbocycles. The van der Waals surface area contributed by atoms with Crippen LogP contribution in [0.4, 0.5) is 13.2 Å². The Morgan fingerprint density at radius 3 is 2.81 bits per heavy atom. The molecule has 1 aliphatic rings. The molecule has 0 N–H and O–H groups in total. The fourth-order valence-electron chi connectivity index (χ4n) is 2.25. The summed E-state index contributed by atoms with van der Waals surface area (Å²) in [6.45, 7) is -0.211. The summed E-state index contributed by atoms with van der Waals surface area (Å²) in [4.78, 5) is 14.0. The first-order valence-corrected chi connectivity index (χ1v) is 7.67. The molecule has 116 valence electrons. The molecular weight excluding hydrogens is 398 g/mol. The Kier molecular flexibility index (Phi) is 5.48. The van der Waals surface area contributed by atoms with Crippen molar-refractivity contribution in [1.29, 1.82) is 0 Å². The first-order chi connectivity index (χ1) is 9.87. The number of ether oxygens (including phenoxy) is 1. The maximum absolute atomic E-state index is 12.3. The van der Waals surface area contributed by atoms with Gasteiger partial charge in [0.1, 0.15) is 6.61 Å². The molecule has 0 aliphatic carbocycles. The largest absolute Gasteiger partial charge is 0.411 e. The van der Waals surface area contributed by atoms with Crippen LogP contribution in [0.2, 0.25) is 0 Å². The monoisotopic (exact) mass is 413 g/mol. The van der Waals surface area contributed by atoms with Crippen molar-refractivity contribution in [2.75, 3.05) is 26.3 Å². The van der Waals surface area contributed by atoms with E-state index in [1.54, 1.807) is 4.90 Å². The molecule has 0 atom stereocenters. The fourth-order valence-corrected chi connectivity index (χ4v) is 2.74. The van der Waals surface area contributed by atoms with E-state index in [4.69, 9.17) is 0 Å². The van der Waals surface area contributed by atoms with Gasteiger partial charge in [-0.15, -0.1) is 0 Å². The van der Waals surface area contributed by atoms with Crippen LogP contribution in [0.5, 0.6) is 0 Å². The van der Waals surface area contributed by atoms with Crippen LogP contribution in [-0.2, 0) is 11.2 Å². The third kappa shape index (κ3) is 4.84. The number of alkyl halides is 3. The number of nitrogens with zero attached hydrogens (tertiary/aromatic N) is 1. The molecule has 3 nitrogen and oxygen atoms in total. The van der Waals surface area contributed by atoms with E-state index in [0.717, 1.165) is 15.6 Å². The van der Waals surface area contributed by atoms with Gasteiger partial charge in [-0.25, -0.2) is 0 Å². The minimum absolute atomic E-state index is 0.00245. The van der Waals surface area contributed by atoms with E-state index < -0.39 is 12.8 Å². The van der Waals surface area contributed by atoms with Crippen molar-refractivity contribution in [1.82, 2.24) is 4.90 Å². The first-order valence-electron chi connectivity index (χ1n) is 6.59. The van der Waals surface area contributed by atoms with E-state index in [0.29, 0.717) is 25.1 Å². The minimum atomic E-state index is -4.30. The van der Waals surface area contributed by atoms with Gasteiger partial charge in [0.2, 0.25) is 0 Å². The lowest BCUT2D eigenvalue weighted by atomic mass is 9.99. The van der Waals surface area contributed by atoms with Crippen molar-refractivity contribution in [3.05, 3.63) is 32.9 Å². The molecule has 0 bridgehead atoms. The molecule has 1 aliphatic heterocycles. The Balaban J connectivity index is 1.82. The van der Waals surface area contributed by atoms with E-state index in [1.807, 2.05) is 18.2 Å². The average molecular weight is 413 g/mol. The van der Waals surface area contributed by atoms with Crippen LogP contribution >= 0.6 is 22.6 Å². The van der Waals surface area contributed by atoms with Gasteiger partial charge >= 0.3 is 6.18 Å². The van der Waals surface area contributed by atoms with Crippen LogP contribution in [0.15, 0.2) is 18.2 Å². The van der Waals surface area contributed by atoms with E-state index in [9.17, 15) is 18.0 Å². The molecule has 0 radical (unpaired) electrons. The maximum atomic E-state index is 12.3. The SMILES string of the molecule is O=C1c2cc(I)ccc2CCN1CCCOCC(F)(F)F. The van der Waals surface area contributed by atoms with Gasteiger partial charge in [-0.2, -0.15) is 13.2 Å². The summed E-state index contributed by atoms with van der Waals surface area (Å²) in [5.74, 6) is -0.0504. The molecule has 1 heterocycles. The molecule has 7 heteroatoms. The Morgan fingerprint density at radius 1 is 1.33 bits per heavy atom. The number of halogens is 4. The van der Waals surface area contributed by atoms with E-state index in [2.05, 4.69) is 27.3 Å². The number of rotatable bonds is 5. The lowest BCUT2D eigenvalue weighted by Gasteiger charge is -2.28. The molecule has 1 aromatic rings. The molecular formula is C14H15F3INO2. The van der Waals surface area contributed by atoms with Gasteiger partial charge in [-0.1, -0.05) is 6.07 Å². The smallest absolute Gasteiger partial charge is 0.372 e. The number of hydrogen-bond acceptors (Lipinski definition) is 2. The second kappa shape index (κ2) is 6.95. The van der Waals surface area contributed by atoms with Gasteiger partial charge in [0.05, 0.1) is 0 Å². The Hall–Kier alpha value is -0.830. The average Bonchev–Trinajstić information content (AvgIpc) is 2.40. The highest BCUT2D eigenvalue weighted by molar-refractivity contribution is 14.1. The molecule has 0 fully saturated rings. The molecule has 21 heavy (non-hydrogen) atoms. The number of benzene rings is 1. The minimum Gasteiger partial charge on any atom is -0.372 e. The van der Waals surface area contributed by atoms with Gasteiger partial charge < -0.3 is 9.64 Å². The maximum Gasteiger partial charge on any atom is 0.411 e. The van der Waals surface area contributed by atoms with Crippen molar-refractivity contribution in [2.45, 2.75) is 19.0 Å². The predicted molar refractivity (Wildman–Crippen MR) is 80.3 cm³/mol. The number of carbonyl (C=O) groups excluding carboxylic acids is 1. The third-order valence-electron chi connectivity index (χ3n) is 3.22. The zero-order valence-electron chi connectivity index (χ0n) is 11.3. The van der Waals surface area contributed by atoms with E-state index in [1.165, 1.54) is 0 Å². The Bertz CT molecular complexity index is 519. The molecule has 0 spiro atoms. The second-order valence-corrected chi connectivity index (χ2v) is 6.11. The van der Waals surface area contributed by atoms with Crippen molar-refractivity contribution >= 4 is 28.5 Å². The normalized spacial score (nSPS) is 15.2. The summed E-state index contributed by atoms with van der Waals surface area (Å²) in [7, 11) is 0. The van der Waals surface area contributed by atoms with Gasteiger partial charge in [0.15, 0.2) is 0 Å². The molecule has 1 amide bonds. The lowest BCUT2D eigenvalue weighted by Crippen LogP contribution is -2.38. The summed E-state index contributed by atoms with van der Waals surface area (Å²) in [5, 5.41) is 0. The highest BCUT2D eigenvalue weighted by Gasteiger charge is 2.27. The van der Waals surface area contributed by atoms with Crippen LogP contribution in [0.1, 0.15) is 22.3 Å². The van der Waals surface area contributed by atoms with Crippen LogP contribution < -0.4 is 0 Å². The van der Waals surface area contributed by atoms with Crippen LogP contribution in [0.3, 0.4) is 0 Å². The third-order valence-corrected chi connectivity index (χ3v) is 3.89. The summed E-state index contributed by atoms with van der Waals surface area (Å²) in [6, 6.07) is 5.77. The number of carbonyl (C=O) groups is 1. The van der Waals surface area contributed by atoms with Crippen LogP contribution in [-0.4, -0.2) is 43.3 Å². The number of hydrogen-bond donors (Lipinski definition) is 0. The topological polar surface area (TPSA) is 29.5 Å². The molecule has 0 saturated heterocycles. The second-order valence-electron chi connectivity index (χ2n) is 4.86. The van der Waals surface area contributed by atoms with Gasteiger partial charge in [0, 0.05) is 28.8 Å². The van der Waals surface area contributed by atoms with Gasteiger partial charge in [0.25, 0.3) is 5.91 Å². The lowest BCUT2D eigenvalue weighted by molar-refractivity contribution is -0.174. The van der Waals surface area contributed by atoms with Crippen LogP contribution in [0, 0.1) is 3.57 Å². The van der Waals surface area contributed by atoms with Crippen molar-refractivity contribution < 1.29 is 22.7 Å². The van der Waals surface area contributed by atoms with Gasteiger partial charge in [-0.3, -0.25) is 4.79 Å². The van der Waals surface area contributed by atoms with Crippen LogP contribution in [0.25, 0.3) is 0 Å². The quantitative estimate of drug-likeness (QED) is 0.548. The van der Waals surface area contributed by atoms with Gasteiger partial charge in [-0.05, 0) is 53.1 Å². The van der Waals surface area contributed by atoms with Crippen molar-refractivity contribution in [3.8, 4) is 0 Å². The molecule has 0 unspecified atom stereocenters. The summed E-state index contributed by atoms with van der Waals surface area (Å²) >= 11 is 2.15. The van der Waals surface area contributed by atoms with E-state index >= 15 is 0 Å². The number of fused-ring (bicyclic) bond motifs is 1. The fraction of sp³-hybridized carbons (Fsp3) is 0.500. The highest BCUT2D eigenvalue weighted by Crippen LogP contribution is 2.21. The first kappa shape index (κ1) is 16.5. The zero-order valence-corrected chi connectivity index (χ0v) is 13.4. The summed E-state index contributed by atoms with van der Waals surface area (Å²) in [6.07, 6.45) is -3.11. The van der Waals surface area contributed by atoms with E-state index in [-0.39, 0.29) is 12.5 Å². The molecule has 0 saturated carbocycles. The number of amides is 1. The standard InChI is InChI=1S/C14H15F3INO2/c15-14(16,17)9-21-7-1-5-19-6-4-10-2-3-11(18)8-12(10)13(19)20/h2-3,8H,1,4-7,9H2. The Morgan fingerprint density at radius 2 is 2.10 bits per heavy atom. The molecule has 2 rings (SSSR count). The van der Waals surface area contributed by atoms with Crippen molar-refractivity contribution in [2.24, 2.45) is 0 Å². The highest BCUT2D eigenvalue weighted by atomic mass is 127. The van der Waals surface area contributed by atoms with Crippen molar-refractivity contribution in [3.63, 3.8) is 0 Å².